The first kappa shape index (κ1) is 10.5. The minimum atomic E-state index is 0.306. The van der Waals surface area contributed by atoms with Gasteiger partial charge in [-0.25, -0.2) is 0 Å². The molecule has 2 nitrogen and oxygen atoms in total. The Morgan fingerprint density at radius 1 is 1.22 bits per heavy atom. The molecule has 92 valence electrons. The Hall–Kier alpha value is -1.44. The van der Waals surface area contributed by atoms with Crippen LogP contribution in [0.25, 0.3) is 10.8 Å². The predicted octanol–water partition coefficient (Wildman–Crippen LogP) is 3.49. The van der Waals surface area contributed by atoms with Gasteiger partial charge in [0.1, 0.15) is 0 Å². The van der Waals surface area contributed by atoms with E-state index in [9.17, 15) is 0 Å². The van der Waals surface area contributed by atoms with Gasteiger partial charge >= 0.3 is 0 Å². The van der Waals surface area contributed by atoms with E-state index in [2.05, 4.69) is 42.2 Å². The zero-order valence-electron chi connectivity index (χ0n) is 11.0. The van der Waals surface area contributed by atoms with Gasteiger partial charge in [-0.3, -0.25) is 0 Å². The lowest BCUT2D eigenvalue weighted by Gasteiger charge is -2.55. The number of aromatic nitrogens is 2. The molecule has 0 N–H and O–H groups in total. The number of rotatable bonds is 0. The second kappa shape index (κ2) is 3.31. The van der Waals surface area contributed by atoms with Crippen LogP contribution >= 0.6 is 0 Å². The molecule has 1 aromatic heterocycles. The van der Waals surface area contributed by atoms with Gasteiger partial charge in [-0.15, -0.1) is 0 Å². The molecular weight excluding hydrogens is 220 g/mol. The summed E-state index contributed by atoms with van der Waals surface area (Å²) < 4.78 is 0. The lowest BCUT2D eigenvalue weighted by Crippen LogP contribution is -2.52. The summed E-state index contributed by atoms with van der Waals surface area (Å²) in [5, 5.41) is 11.5. The molecule has 1 saturated carbocycles. The van der Waals surface area contributed by atoms with Gasteiger partial charge in [0.25, 0.3) is 0 Å². The van der Waals surface area contributed by atoms with Crippen LogP contribution in [0.2, 0.25) is 0 Å². The van der Waals surface area contributed by atoms with E-state index >= 15 is 0 Å². The highest BCUT2D eigenvalue weighted by Gasteiger charge is 2.54. The van der Waals surface area contributed by atoms with Crippen molar-refractivity contribution in [1.82, 2.24) is 10.2 Å². The van der Waals surface area contributed by atoms with Crippen LogP contribution in [0.15, 0.2) is 24.4 Å². The standard InChI is InChI=1S/C16H18N2/c1-10-8-11(2)16(10)7-6-12-4-3-5-13-9-17-18-15(16)14(12)13/h3-5,9-11H,6-8H2,1-2H3. The largest absolute Gasteiger partial charge is 0.158 e. The van der Waals surface area contributed by atoms with E-state index in [0.29, 0.717) is 5.41 Å². The fourth-order valence-corrected chi connectivity index (χ4v) is 4.44. The number of nitrogens with zero attached hydrogens (tertiary/aromatic N) is 2. The molecule has 1 spiro atoms. The van der Waals surface area contributed by atoms with Crippen LogP contribution in [-0.4, -0.2) is 10.2 Å². The van der Waals surface area contributed by atoms with Crippen LogP contribution in [0, 0.1) is 11.8 Å². The Bertz CT molecular complexity index is 619. The van der Waals surface area contributed by atoms with Crippen molar-refractivity contribution in [3.8, 4) is 0 Å². The van der Waals surface area contributed by atoms with Crippen LogP contribution in [0.1, 0.15) is 37.9 Å². The normalized spacial score (nSPS) is 33.7. The topological polar surface area (TPSA) is 25.8 Å². The van der Waals surface area contributed by atoms with Gasteiger partial charge in [0.15, 0.2) is 0 Å². The number of fused-ring (bicyclic) bond motifs is 1. The molecule has 0 aliphatic heterocycles. The average molecular weight is 238 g/mol. The molecule has 1 aromatic carbocycles. The molecule has 0 radical (unpaired) electrons. The van der Waals surface area contributed by atoms with Gasteiger partial charge in [-0.05, 0) is 36.7 Å². The zero-order chi connectivity index (χ0) is 12.3. The van der Waals surface area contributed by atoms with Crippen molar-refractivity contribution < 1.29 is 0 Å². The first-order chi connectivity index (χ1) is 8.73. The number of hydrogen-bond donors (Lipinski definition) is 0. The lowest BCUT2D eigenvalue weighted by atomic mass is 9.49. The monoisotopic (exact) mass is 238 g/mol. The van der Waals surface area contributed by atoms with Crippen molar-refractivity contribution in [1.29, 1.82) is 0 Å². The van der Waals surface area contributed by atoms with E-state index in [4.69, 9.17) is 0 Å². The quantitative estimate of drug-likeness (QED) is 0.702. The van der Waals surface area contributed by atoms with Crippen LogP contribution in [0.5, 0.6) is 0 Å². The summed E-state index contributed by atoms with van der Waals surface area (Å²) in [5.74, 6) is 1.50. The van der Waals surface area contributed by atoms with E-state index in [1.165, 1.54) is 41.3 Å². The van der Waals surface area contributed by atoms with Crippen molar-refractivity contribution in [2.24, 2.45) is 11.8 Å². The average Bonchev–Trinajstić information content (AvgIpc) is 2.40. The summed E-state index contributed by atoms with van der Waals surface area (Å²) in [7, 11) is 0. The SMILES string of the molecule is CC1CC(C)C12CCc1cccc3cnnc2c13. The van der Waals surface area contributed by atoms with Crippen LogP contribution in [-0.2, 0) is 11.8 Å². The molecule has 0 bridgehead atoms. The van der Waals surface area contributed by atoms with Crippen LogP contribution in [0.4, 0.5) is 0 Å². The van der Waals surface area contributed by atoms with E-state index < -0.39 is 0 Å². The molecule has 1 heterocycles. The van der Waals surface area contributed by atoms with Crippen molar-refractivity contribution in [2.45, 2.75) is 38.5 Å². The Balaban J connectivity index is 2.07. The highest BCUT2D eigenvalue weighted by Crippen LogP contribution is 2.58. The molecule has 4 rings (SSSR count). The maximum Gasteiger partial charge on any atom is 0.0779 e. The summed E-state index contributed by atoms with van der Waals surface area (Å²) in [6.07, 6.45) is 5.69. The van der Waals surface area contributed by atoms with Gasteiger partial charge in [0.2, 0.25) is 0 Å². The first-order valence-electron chi connectivity index (χ1n) is 6.97. The van der Waals surface area contributed by atoms with E-state index in [0.717, 1.165) is 11.8 Å². The summed E-state index contributed by atoms with van der Waals surface area (Å²) in [6, 6.07) is 6.58. The summed E-state index contributed by atoms with van der Waals surface area (Å²) >= 11 is 0. The van der Waals surface area contributed by atoms with Gasteiger partial charge in [0, 0.05) is 16.2 Å². The molecule has 1 fully saturated rings. The second-order valence-corrected chi connectivity index (χ2v) is 6.15. The van der Waals surface area contributed by atoms with Crippen LogP contribution < -0.4 is 0 Å². The van der Waals surface area contributed by atoms with Gasteiger partial charge in [-0.2, -0.15) is 10.2 Å². The Morgan fingerprint density at radius 3 is 2.83 bits per heavy atom. The van der Waals surface area contributed by atoms with E-state index in [-0.39, 0.29) is 0 Å². The first-order valence-corrected chi connectivity index (χ1v) is 6.97. The highest BCUT2D eigenvalue weighted by molar-refractivity contribution is 5.89. The molecule has 18 heavy (non-hydrogen) atoms. The summed E-state index contributed by atoms with van der Waals surface area (Å²) in [4.78, 5) is 0. The number of hydrogen-bond acceptors (Lipinski definition) is 2. The van der Waals surface area contributed by atoms with Gasteiger partial charge in [-0.1, -0.05) is 32.0 Å². The molecule has 2 aromatic rings. The maximum absolute atomic E-state index is 4.56. The second-order valence-electron chi connectivity index (χ2n) is 6.15. The number of aryl methyl sites for hydroxylation is 1. The summed E-state index contributed by atoms with van der Waals surface area (Å²) in [6.45, 7) is 4.77. The minimum Gasteiger partial charge on any atom is -0.158 e. The predicted molar refractivity (Wildman–Crippen MR) is 72.5 cm³/mol. The van der Waals surface area contributed by atoms with Gasteiger partial charge in [0.05, 0.1) is 11.9 Å². The molecule has 0 saturated heterocycles. The third kappa shape index (κ3) is 1.05. The van der Waals surface area contributed by atoms with E-state index in [1.807, 2.05) is 6.20 Å². The van der Waals surface area contributed by atoms with Crippen molar-refractivity contribution >= 4 is 10.8 Å². The lowest BCUT2D eigenvalue weighted by molar-refractivity contribution is 0.0365. The molecular formula is C16H18N2. The Kier molecular flexibility index (Phi) is 1.93. The molecule has 2 aliphatic rings. The fourth-order valence-electron chi connectivity index (χ4n) is 4.44. The maximum atomic E-state index is 4.56. The van der Waals surface area contributed by atoms with Gasteiger partial charge < -0.3 is 0 Å². The van der Waals surface area contributed by atoms with Crippen molar-refractivity contribution in [3.05, 3.63) is 35.7 Å². The summed E-state index contributed by atoms with van der Waals surface area (Å²) in [5.41, 5.74) is 3.06. The molecule has 2 heteroatoms. The number of benzene rings is 1. The van der Waals surface area contributed by atoms with Crippen molar-refractivity contribution in [3.63, 3.8) is 0 Å². The van der Waals surface area contributed by atoms with Crippen LogP contribution in [0.3, 0.4) is 0 Å². The molecule has 2 aliphatic carbocycles. The minimum absolute atomic E-state index is 0.306. The van der Waals surface area contributed by atoms with Crippen molar-refractivity contribution in [2.75, 3.05) is 0 Å². The molecule has 2 unspecified atom stereocenters. The Labute approximate surface area is 107 Å². The zero-order valence-corrected chi connectivity index (χ0v) is 11.0. The highest BCUT2D eigenvalue weighted by atomic mass is 15.1. The molecule has 0 amide bonds. The third-order valence-corrected chi connectivity index (χ3v) is 5.49. The third-order valence-electron chi connectivity index (χ3n) is 5.49. The van der Waals surface area contributed by atoms with E-state index in [1.54, 1.807) is 0 Å². The Morgan fingerprint density at radius 2 is 2.06 bits per heavy atom. The molecule has 2 atom stereocenters. The fraction of sp³-hybridized carbons (Fsp3) is 0.500. The smallest absolute Gasteiger partial charge is 0.0779 e.